The molecular formula is C7H13NO. The van der Waals surface area contributed by atoms with Gasteiger partial charge in [0.05, 0.1) is 0 Å². The van der Waals surface area contributed by atoms with Gasteiger partial charge in [0.25, 0.3) is 0 Å². The van der Waals surface area contributed by atoms with Gasteiger partial charge in [-0.2, -0.15) is 0 Å². The third kappa shape index (κ3) is 2.90. The first-order chi connectivity index (χ1) is 4.22. The molecule has 0 aliphatic heterocycles. The molecule has 1 amide bonds. The van der Waals surface area contributed by atoms with Crippen molar-refractivity contribution in [2.24, 2.45) is 0 Å². The van der Waals surface area contributed by atoms with Gasteiger partial charge in [0.15, 0.2) is 0 Å². The van der Waals surface area contributed by atoms with E-state index in [0.29, 0.717) is 6.54 Å². The van der Waals surface area contributed by atoms with Gasteiger partial charge in [-0.05, 0) is 20.8 Å². The predicted molar refractivity (Wildman–Crippen MR) is 38.1 cm³/mol. The third-order valence-electron chi connectivity index (χ3n) is 1.13. The molecule has 0 unspecified atom stereocenters. The molecule has 1 N–H and O–H groups in total. The summed E-state index contributed by atoms with van der Waals surface area (Å²) >= 11 is 0. The zero-order valence-electron chi connectivity index (χ0n) is 6.19. The first-order valence-electron chi connectivity index (χ1n) is 3.13. The zero-order valence-corrected chi connectivity index (χ0v) is 6.19. The number of rotatable bonds is 2. The molecule has 9 heavy (non-hydrogen) atoms. The van der Waals surface area contributed by atoms with Crippen LogP contribution in [0.15, 0.2) is 11.6 Å². The Kier molecular flexibility index (Phi) is 3.76. The van der Waals surface area contributed by atoms with Crippen LogP contribution in [-0.4, -0.2) is 12.5 Å². The van der Waals surface area contributed by atoms with Crippen LogP contribution in [-0.2, 0) is 4.79 Å². The molecule has 0 fully saturated rings. The second-order valence-corrected chi connectivity index (χ2v) is 1.83. The van der Waals surface area contributed by atoms with Crippen molar-refractivity contribution < 1.29 is 4.79 Å². The average molecular weight is 127 g/mol. The summed E-state index contributed by atoms with van der Waals surface area (Å²) in [5, 5.41) is 2.69. The molecule has 0 bridgehead atoms. The summed E-state index contributed by atoms with van der Waals surface area (Å²) < 4.78 is 0. The largest absolute Gasteiger partial charge is 0.353 e. The van der Waals surface area contributed by atoms with Gasteiger partial charge in [-0.15, -0.1) is 0 Å². The highest BCUT2D eigenvalue weighted by Crippen LogP contribution is 1.89. The minimum Gasteiger partial charge on any atom is -0.353 e. The SMILES string of the molecule is C/C=C(\C)C(=O)NCC. The molecular weight excluding hydrogens is 114 g/mol. The molecule has 0 aromatic carbocycles. The molecule has 52 valence electrons. The van der Waals surface area contributed by atoms with Crippen LogP contribution < -0.4 is 5.32 Å². The first-order valence-corrected chi connectivity index (χ1v) is 3.13. The van der Waals surface area contributed by atoms with Crippen LogP contribution in [0.3, 0.4) is 0 Å². The fourth-order valence-corrected chi connectivity index (χ4v) is 0.431. The number of nitrogens with one attached hydrogen (secondary N) is 1. The van der Waals surface area contributed by atoms with E-state index in [1.165, 1.54) is 0 Å². The van der Waals surface area contributed by atoms with Crippen LogP contribution in [0, 0.1) is 0 Å². The molecule has 2 nitrogen and oxygen atoms in total. The van der Waals surface area contributed by atoms with Gasteiger partial charge in [0.1, 0.15) is 0 Å². The average Bonchev–Trinajstić information content (AvgIpc) is 1.87. The van der Waals surface area contributed by atoms with E-state index < -0.39 is 0 Å². The monoisotopic (exact) mass is 127 g/mol. The molecule has 0 aromatic rings. The van der Waals surface area contributed by atoms with Gasteiger partial charge < -0.3 is 5.32 Å². The third-order valence-corrected chi connectivity index (χ3v) is 1.13. The Morgan fingerprint density at radius 3 is 2.56 bits per heavy atom. The number of amides is 1. The summed E-state index contributed by atoms with van der Waals surface area (Å²) in [6.07, 6.45) is 1.80. The standard InChI is InChI=1S/C7H13NO/c1-4-6(3)7(9)8-5-2/h4H,5H2,1-3H3,(H,8,9)/b6-4+. The Hall–Kier alpha value is -0.790. The first kappa shape index (κ1) is 8.21. The number of allylic oxidation sites excluding steroid dienone is 1. The van der Waals surface area contributed by atoms with Crippen LogP contribution in [0.25, 0.3) is 0 Å². The Bertz CT molecular complexity index is 127. The van der Waals surface area contributed by atoms with Gasteiger partial charge in [-0.25, -0.2) is 0 Å². The molecule has 0 aliphatic rings. The van der Waals surface area contributed by atoms with Crippen molar-refractivity contribution in [3.63, 3.8) is 0 Å². The van der Waals surface area contributed by atoms with Crippen LogP contribution in [0.1, 0.15) is 20.8 Å². The van der Waals surface area contributed by atoms with Crippen LogP contribution in [0.2, 0.25) is 0 Å². The van der Waals surface area contributed by atoms with Crippen molar-refractivity contribution >= 4 is 5.91 Å². The maximum Gasteiger partial charge on any atom is 0.246 e. The minimum atomic E-state index is 0.0278. The minimum absolute atomic E-state index is 0.0278. The zero-order chi connectivity index (χ0) is 7.28. The highest BCUT2D eigenvalue weighted by atomic mass is 16.1. The smallest absolute Gasteiger partial charge is 0.246 e. The Morgan fingerprint density at radius 1 is 1.67 bits per heavy atom. The van der Waals surface area contributed by atoms with Gasteiger partial charge in [-0.1, -0.05) is 6.08 Å². The highest BCUT2D eigenvalue weighted by Gasteiger charge is 1.97. The van der Waals surface area contributed by atoms with Crippen molar-refractivity contribution in [3.05, 3.63) is 11.6 Å². The van der Waals surface area contributed by atoms with Crippen molar-refractivity contribution in [2.75, 3.05) is 6.54 Å². The lowest BCUT2D eigenvalue weighted by atomic mass is 10.3. The quantitative estimate of drug-likeness (QED) is 0.553. The maximum atomic E-state index is 10.8. The second kappa shape index (κ2) is 4.13. The van der Waals surface area contributed by atoms with Gasteiger partial charge in [0, 0.05) is 12.1 Å². The predicted octanol–water partition coefficient (Wildman–Crippen LogP) is 1.09. The topological polar surface area (TPSA) is 29.1 Å². The normalized spacial score (nSPS) is 11.2. The summed E-state index contributed by atoms with van der Waals surface area (Å²) in [5.74, 6) is 0.0278. The number of carbonyl (C=O) groups excluding carboxylic acids is 1. The summed E-state index contributed by atoms with van der Waals surface area (Å²) in [6, 6.07) is 0. The Balaban J connectivity index is 3.74. The second-order valence-electron chi connectivity index (χ2n) is 1.83. The number of carbonyl (C=O) groups is 1. The Morgan fingerprint density at radius 2 is 2.22 bits per heavy atom. The van der Waals surface area contributed by atoms with Crippen LogP contribution in [0.5, 0.6) is 0 Å². The fraction of sp³-hybridized carbons (Fsp3) is 0.571. The summed E-state index contributed by atoms with van der Waals surface area (Å²) in [7, 11) is 0. The number of hydrogen-bond acceptors (Lipinski definition) is 1. The van der Waals surface area contributed by atoms with E-state index in [9.17, 15) is 4.79 Å². The lowest BCUT2D eigenvalue weighted by Gasteiger charge is -1.98. The van der Waals surface area contributed by atoms with Gasteiger partial charge in [-0.3, -0.25) is 4.79 Å². The van der Waals surface area contributed by atoms with E-state index in [1.807, 2.05) is 13.8 Å². The molecule has 0 saturated carbocycles. The molecule has 0 saturated heterocycles. The lowest BCUT2D eigenvalue weighted by molar-refractivity contribution is -0.117. The Labute approximate surface area is 56.0 Å². The van der Waals surface area contributed by atoms with Crippen molar-refractivity contribution in [1.82, 2.24) is 5.32 Å². The molecule has 2 heteroatoms. The molecule has 0 rings (SSSR count). The van der Waals surface area contributed by atoms with Crippen molar-refractivity contribution in [2.45, 2.75) is 20.8 Å². The van der Waals surface area contributed by atoms with E-state index >= 15 is 0 Å². The van der Waals surface area contributed by atoms with Crippen molar-refractivity contribution in [1.29, 1.82) is 0 Å². The number of likely N-dealkylation sites (N-methyl/N-ethyl adjacent to an activating group) is 1. The molecule has 0 aromatic heterocycles. The molecule has 0 spiro atoms. The van der Waals surface area contributed by atoms with E-state index in [-0.39, 0.29) is 5.91 Å². The van der Waals surface area contributed by atoms with Gasteiger partial charge >= 0.3 is 0 Å². The summed E-state index contributed by atoms with van der Waals surface area (Å²) in [6.45, 7) is 6.25. The number of hydrogen-bond donors (Lipinski definition) is 1. The molecule has 0 aliphatic carbocycles. The van der Waals surface area contributed by atoms with Crippen LogP contribution in [0.4, 0.5) is 0 Å². The van der Waals surface area contributed by atoms with Gasteiger partial charge in [0.2, 0.25) is 5.91 Å². The summed E-state index contributed by atoms with van der Waals surface area (Å²) in [4.78, 5) is 10.8. The van der Waals surface area contributed by atoms with E-state index in [0.717, 1.165) is 5.57 Å². The van der Waals surface area contributed by atoms with E-state index in [1.54, 1.807) is 13.0 Å². The highest BCUT2D eigenvalue weighted by molar-refractivity contribution is 5.92. The van der Waals surface area contributed by atoms with Crippen molar-refractivity contribution in [3.8, 4) is 0 Å². The molecule has 0 radical (unpaired) electrons. The maximum absolute atomic E-state index is 10.8. The van der Waals surface area contributed by atoms with E-state index in [2.05, 4.69) is 5.32 Å². The summed E-state index contributed by atoms with van der Waals surface area (Å²) in [5.41, 5.74) is 0.775. The molecule has 0 heterocycles. The lowest BCUT2D eigenvalue weighted by Crippen LogP contribution is -2.23. The fourth-order valence-electron chi connectivity index (χ4n) is 0.431. The van der Waals surface area contributed by atoms with Crippen LogP contribution >= 0.6 is 0 Å². The van der Waals surface area contributed by atoms with E-state index in [4.69, 9.17) is 0 Å². The molecule has 0 atom stereocenters.